The van der Waals surface area contributed by atoms with Gasteiger partial charge in [0.1, 0.15) is 5.60 Å². The molecule has 0 saturated carbocycles. The number of quaternary nitrogens is 1. The van der Waals surface area contributed by atoms with Gasteiger partial charge in [0.15, 0.2) is 0 Å². The van der Waals surface area contributed by atoms with Gasteiger partial charge in [-0.05, 0) is 29.3 Å². The zero-order chi connectivity index (χ0) is 16.8. The summed E-state index contributed by atoms with van der Waals surface area (Å²) in [6.07, 6.45) is 6.08. The Labute approximate surface area is 165 Å². The molecule has 2 nitrogen and oxygen atoms in total. The van der Waals surface area contributed by atoms with Gasteiger partial charge in [0.2, 0.25) is 0 Å². The molecule has 0 amide bonds. The van der Waals surface area contributed by atoms with Gasteiger partial charge < -0.3 is 26.6 Å². The molecule has 1 aromatic carbocycles. The highest BCUT2D eigenvalue weighted by atomic mass is 79.9. The lowest BCUT2D eigenvalue weighted by molar-refractivity contribution is -0.931. The molecule has 136 valence electrons. The van der Waals surface area contributed by atoms with Crippen LogP contribution in [-0.2, 0) is 5.60 Å². The molecule has 0 spiro atoms. The lowest BCUT2D eigenvalue weighted by Gasteiger charge is -2.45. The van der Waals surface area contributed by atoms with E-state index >= 15 is 0 Å². The monoisotopic (exact) mass is 421 g/mol. The van der Waals surface area contributed by atoms with Crippen molar-refractivity contribution < 1.29 is 26.6 Å². The largest absolute Gasteiger partial charge is 1.00 e. The van der Waals surface area contributed by atoms with E-state index < -0.39 is 5.60 Å². The van der Waals surface area contributed by atoms with Crippen LogP contribution >= 0.6 is 11.3 Å². The molecule has 2 aromatic rings. The van der Waals surface area contributed by atoms with Gasteiger partial charge in [-0.3, -0.25) is 0 Å². The number of hydrogen-bond acceptors (Lipinski definition) is 2. The molecule has 1 N–H and O–H groups in total. The van der Waals surface area contributed by atoms with Crippen molar-refractivity contribution in [3.05, 3.63) is 58.3 Å². The molecule has 2 bridgehead atoms. The van der Waals surface area contributed by atoms with E-state index in [9.17, 15) is 5.11 Å². The predicted octanol–water partition coefficient (Wildman–Crippen LogP) is 1.40. The van der Waals surface area contributed by atoms with E-state index in [1.807, 2.05) is 18.2 Å². The molecule has 2 saturated heterocycles. The van der Waals surface area contributed by atoms with E-state index in [-0.39, 0.29) is 17.0 Å². The van der Waals surface area contributed by atoms with Gasteiger partial charge in [-0.25, -0.2) is 0 Å². The summed E-state index contributed by atoms with van der Waals surface area (Å²) in [7, 11) is 4.81. The first-order valence-electron chi connectivity index (χ1n) is 9.15. The van der Waals surface area contributed by atoms with Crippen LogP contribution in [0.1, 0.15) is 42.5 Å². The SMILES string of the molecule is C[N+]1(C)[C@@H]2CC[C@H]1C[C@@H](CC(O)(c1ccccc1)c1cccs1)C2.[Br-]. The summed E-state index contributed by atoms with van der Waals surface area (Å²) in [6, 6.07) is 16.0. The molecule has 2 fully saturated rings. The van der Waals surface area contributed by atoms with Crippen molar-refractivity contribution in [3.8, 4) is 0 Å². The third kappa shape index (κ3) is 3.34. The molecule has 0 radical (unpaired) electrons. The van der Waals surface area contributed by atoms with Crippen molar-refractivity contribution in [2.75, 3.05) is 14.1 Å². The predicted molar refractivity (Wildman–Crippen MR) is 100 cm³/mol. The number of halogens is 1. The molecule has 1 unspecified atom stereocenters. The summed E-state index contributed by atoms with van der Waals surface area (Å²) in [5.74, 6) is 0.612. The maximum Gasteiger partial charge on any atom is 0.124 e. The molecular weight excluding hydrogens is 394 g/mol. The number of benzene rings is 1. The van der Waals surface area contributed by atoms with Crippen LogP contribution in [0.2, 0.25) is 0 Å². The number of fused-ring (bicyclic) bond motifs is 2. The maximum absolute atomic E-state index is 11.7. The summed E-state index contributed by atoms with van der Waals surface area (Å²) in [5.41, 5.74) is 0.202. The second kappa shape index (κ2) is 7.15. The Balaban J connectivity index is 0.00000182. The molecule has 4 heteroatoms. The minimum Gasteiger partial charge on any atom is -1.00 e. The molecule has 25 heavy (non-hydrogen) atoms. The van der Waals surface area contributed by atoms with E-state index in [1.54, 1.807) is 11.3 Å². The van der Waals surface area contributed by atoms with E-state index in [0.717, 1.165) is 28.9 Å². The second-order valence-corrected chi connectivity index (χ2v) is 9.21. The third-order valence-corrected chi connectivity index (χ3v) is 7.71. The van der Waals surface area contributed by atoms with Crippen LogP contribution in [-0.4, -0.2) is 35.8 Å². The average Bonchev–Trinajstić information content (AvgIpc) is 3.13. The van der Waals surface area contributed by atoms with Crippen molar-refractivity contribution in [2.24, 2.45) is 5.92 Å². The molecule has 2 aliphatic rings. The Kier molecular flexibility index (Phi) is 5.46. The van der Waals surface area contributed by atoms with Crippen LogP contribution in [0, 0.1) is 5.92 Å². The first-order chi connectivity index (χ1) is 11.5. The fraction of sp³-hybridized carbons (Fsp3) is 0.524. The normalized spacial score (nSPS) is 29.6. The van der Waals surface area contributed by atoms with Gasteiger partial charge in [-0.15, -0.1) is 11.3 Å². The van der Waals surface area contributed by atoms with Crippen LogP contribution in [0.25, 0.3) is 0 Å². The topological polar surface area (TPSA) is 20.2 Å². The summed E-state index contributed by atoms with van der Waals surface area (Å²) >= 11 is 1.68. The van der Waals surface area contributed by atoms with Crippen molar-refractivity contribution in [3.63, 3.8) is 0 Å². The molecule has 4 rings (SSSR count). The first-order valence-corrected chi connectivity index (χ1v) is 10.0. The summed E-state index contributed by atoms with van der Waals surface area (Å²) in [6.45, 7) is 0. The highest BCUT2D eigenvalue weighted by Gasteiger charge is 2.50. The zero-order valence-corrected chi connectivity index (χ0v) is 17.5. The van der Waals surface area contributed by atoms with Crippen LogP contribution < -0.4 is 17.0 Å². The highest BCUT2D eigenvalue weighted by molar-refractivity contribution is 7.10. The summed E-state index contributed by atoms with van der Waals surface area (Å²) in [5, 5.41) is 13.8. The van der Waals surface area contributed by atoms with Gasteiger partial charge >= 0.3 is 0 Å². The maximum atomic E-state index is 11.7. The lowest BCUT2D eigenvalue weighted by atomic mass is 9.77. The van der Waals surface area contributed by atoms with Crippen LogP contribution in [0.4, 0.5) is 0 Å². The Hall–Kier alpha value is -0.680. The van der Waals surface area contributed by atoms with Gasteiger partial charge in [0.25, 0.3) is 0 Å². The number of hydrogen-bond donors (Lipinski definition) is 1. The Morgan fingerprint density at radius 3 is 2.24 bits per heavy atom. The van der Waals surface area contributed by atoms with E-state index in [0.29, 0.717) is 5.92 Å². The molecule has 4 atom stereocenters. The minimum absolute atomic E-state index is 0. The standard InChI is InChI=1S/C21H28NOS.BrH/c1-22(2)18-10-11-19(22)14-16(13-18)15-21(23,20-9-6-12-24-20)17-7-4-3-5-8-17;/h3-9,12,16,18-19,23H,10-11,13-15H2,1-2H3;1H/q+1;/p-1/t16-,18+,19-,21?;. The van der Waals surface area contributed by atoms with Crippen LogP contribution in [0.15, 0.2) is 47.8 Å². The molecular formula is C21H28BrNOS. The molecule has 3 heterocycles. The van der Waals surface area contributed by atoms with Crippen molar-refractivity contribution in [1.82, 2.24) is 0 Å². The van der Waals surface area contributed by atoms with Gasteiger partial charge in [0.05, 0.1) is 26.2 Å². The number of nitrogens with zero attached hydrogens (tertiary/aromatic N) is 1. The molecule has 2 aliphatic heterocycles. The van der Waals surface area contributed by atoms with Crippen LogP contribution in [0.3, 0.4) is 0 Å². The fourth-order valence-corrected chi connectivity index (χ4v) is 6.02. The summed E-state index contributed by atoms with van der Waals surface area (Å²) in [4.78, 5) is 1.08. The van der Waals surface area contributed by atoms with Crippen molar-refractivity contribution in [1.29, 1.82) is 0 Å². The molecule has 1 aromatic heterocycles. The summed E-state index contributed by atoms with van der Waals surface area (Å²) < 4.78 is 1.19. The van der Waals surface area contributed by atoms with E-state index in [4.69, 9.17) is 0 Å². The number of thiophene rings is 1. The smallest absolute Gasteiger partial charge is 0.124 e. The quantitative estimate of drug-likeness (QED) is 0.739. The van der Waals surface area contributed by atoms with Crippen molar-refractivity contribution >= 4 is 11.3 Å². The van der Waals surface area contributed by atoms with E-state index in [1.165, 1.54) is 30.2 Å². The minimum atomic E-state index is -0.839. The second-order valence-electron chi connectivity index (χ2n) is 8.26. The Bertz CT molecular complexity index is 671. The van der Waals surface area contributed by atoms with E-state index in [2.05, 4.69) is 43.7 Å². The molecule has 0 aliphatic carbocycles. The van der Waals surface area contributed by atoms with Crippen molar-refractivity contribution in [2.45, 2.75) is 49.8 Å². The number of aliphatic hydroxyl groups is 1. The number of piperidine rings is 1. The highest BCUT2D eigenvalue weighted by Crippen LogP contribution is 2.47. The van der Waals surface area contributed by atoms with Crippen LogP contribution in [0.5, 0.6) is 0 Å². The fourth-order valence-electron chi connectivity index (χ4n) is 5.17. The third-order valence-electron chi connectivity index (χ3n) is 6.69. The van der Waals surface area contributed by atoms with Gasteiger partial charge in [-0.2, -0.15) is 0 Å². The van der Waals surface area contributed by atoms with Gasteiger partial charge in [-0.1, -0.05) is 36.4 Å². The average molecular weight is 422 g/mol. The first kappa shape index (κ1) is 19.1. The Morgan fingerprint density at radius 1 is 1.04 bits per heavy atom. The van der Waals surface area contributed by atoms with Gasteiger partial charge in [0, 0.05) is 30.6 Å². The zero-order valence-electron chi connectivity index (χ0n) is 15.1. The Morgan fingerprint density at radius 2 is 1.68 bits per heavy atom. The number of rotatable bonds is 4. The lowest BCUT2D eigenvalue weighted by Crippen LogP contribution is -3.00.